The van der Waals surface area contributed by atoms with Crippen LogP contribution >= 0.6 is 11.6 Å². The number of ether oxygens (including phenoxy) is 3. The summed E-state index contributed by atoms with van der Waals surface area (Å²) >= 11 is 6.02. The van der Waals surface area contributed by atoms with E-state index >= 15 is 0 Å². The van der Waals surface area contributed by atoms with Crippen molar-refractivity contribution in [1.29, 1.82) is 0 Å². The average molecular weight is 531 g/mol. The molecule has 2 fully saturated rings. The predicted octanol–water partition coefficient (Wildman–Crippen LogP) is 4.93. The highest BCUT2D eigenvalue weighted by molar-refractivity contribution is 6.30. The summed E-state index contributed by atoms with van der Waals surface area (Å²) in [6.45, 7) is 4.74. The number of nitrogens with zero attached hydrogens (tertiary/aromatic N) is 2. The smallest absolute Gasteiger partial charge is 0.222 e. The van der Waals surface area contributed by atoms with Gasteiger partial charge in [-0.25, -0.2) is 0 Å². The number of piperidine rings is 1. The van der Waals surface area contributed by atoms with E-state index in [0.717, 1.165) is 69.7 Å². The van der Waals surface area contributed by atoms with Crippen molar-refractivity contribution in [2.45, 2.75) is 57.1 Å². The molecule has 2 aromatic carbocycles. The molecule has 0 aliphatic carbocycles. The fourth-order valence-corrected chi connectivity index (χ4v) is 5.13. The van der Waals surface area contributed by atoms with Gasteiger partial charge in [0, 0.05) is 44.2 Å². The third-order valence-corrected chi connectivity index (χ3v) is 7.46. The van der Waals surface area contributed by atoms with Crippen molar-refractivity contribution in [3.05, 3.63) is 53.1 Å². The highest BCUT2D eigenvalue weighted by Crippen LogP contribution is 2.30. The van der Waals surface area contributed by atoms with Crippen LogP contribution in [0.4, 0.5) is 0 Å². The van der Waals surface area contributed by atoms with Gasteiger partial charge in [0.2, 0.25) is 5.91 Å². The first-order valence-corrected chi connectivity index (χ1v) is 13.7. The summed E-state index contributed by atoms with van der Waals surface area (Å²) in [5, 5.41) is 11.6. The molecule has 2 aliphatic heterocycles. The lowest BCUT2D eigenvalue weighted by atomic mass is 9.92. The summed E-state index contributed by atoms with van der Waals surface area (Å²) in [6.07, 6.45) is 5.99. The van der Waals surface area contributed by atoms with E-state index in [-0.39, 0.29) is 12.5 Å². The Kier molecular flexibility index (Phi) is 9.95. The van der Waals surface area contributed by atoms with Crippen molar-refractivity contribution in [1.82, 2.24) is 9.80 Å². The lowest BCUT2D eigenvalue weighted by Crippen LogP contribution is -2.47. The number of carbonyl (C=O) groups is 1. The predicted molar refractivity (Wildman–Crippen MR) is 145 cm³/mol. The number of benzene rings is 2. The first kappa shape index (κ1) is 27.6. The molecule has 37 heavy (non-hydrogen) atoms. The Morgan fingerprint density at radius 3 is 2.62 bits per heavy atom. The monoisotopic (exact) mass is 530 g/mol. The van der Waals surface area contributed by atoms with Crippen LogP contribution in [0.15, 0.2) is 42.5 Å². The van der Waals surface area contributed by atoms with E-state index in [1.54, 1.807) is 19.2 Å². The molecule has 0 unspecified atom stereocenters. The quantitative estimate of drug-likeness (QED) is 0.415. The molecular formula is C29H39ClN2O5. The van der Waals surface area contributed by atoms with Gasteiger partial charge in [-0.3, -0.25) is 9.69 Å². The molecule has 2 aromatic rings. The molecule has 1 N–H and O–H groups in total. The van der Waals surface area contributed by atoms with E-state index in [4.69, 9.17) is 25.8 Å². The van der Waals surface area contributed by atoms with Crippen LogP contribution in [0.3, 0.4) is 0 Å². The Balaban J connectivity index is 1.21. The van der Waals surface area contributed by atoms with Gasteiger partial charge >= 0.3 is 0 Å². The minimum Gasteiger partial charge on any atom is -0.493 e. The Hall–Kier alpha value is -2.48. The molecular weight excluding hydrogens is 492 g/mol. The van der Waals surface area contributed by atoms with Crippen molar-refractivity contribution in [3.8, 4) is 17.2 Å². The number of methoxy groups -OCH3 is 1. The van der Waals surface area contributed by atoms with Gasteiger partial charge in [-0.1, -0.05) is 30.2 Å². The number of likely N-dealkylation sites (tertiary alicyclic amines) is 2. The highest BCUT2D eigenvalue weighted by atomic mass is 35.5. The summed E-state index contributed by atoms with van der Waals surface area (Å²) < 4.78 is 17.4. The van der Waals surface area contributed by atoms with Crippen LogP contribution in [-0.2, 0) is 11.3 Å². The van der Waals surface area contributed by atoms with Gasteiger partial charge in [0.25, 0.3) is 0 Å². The Morgan fingerprint density at radius 1 is 1.00 bits per heavy atom. The van der Waals surface area contributed by atoms with Gasteiger partial charge in [-0.05, 0) is 68.0 Å². The summed E-state index contributed by atoms with van der Waals surface area (Å²) in [5.74, 6) is 2.38. The lowest BCUT2D eigenvalue weighted by molar-refractivity contribution is -0.130. The van der Waals surface area contributed by atoms with E-state index < -0.39 is 5.60 Å². The fraction of sp³-hybridized carbons (Fsp3) is 0.552. The van der Waals surface area contributed by atoms with Crippen molar-refractivity contribution in [2.24, 2.45) is 0 Å². The van der Waals surface area contributed by atoms with Crippen molar-refractivity contribution >= 4 is 17.5 Å². The van der Waals surface area contributed by atoms with Crippen LogP contribution < -0.4 is 14.2 Å². The van der Waals surface area contributed by atoms with Crippen LogP contribution in [0.1, 0.15) is 50.5 Å². The van der Waals surface area contributed by atoms with E-state index in [9.17, 15) is 9.90 Å². The SMILES string of the molecule is COc1cc(CN2CCC(O)(COc3cccc(Cl)c3)CC2)ccc1OCCCN1CCCCCC1=O. The second-order valence-corrected chi connectivity index (χ2v) is 10.6. The van der Waals surface area contributed by atoms with Crippen molar-refractivity contribution in [2.75, 3.05) is 46.5 Å². The van der Waals surface area contributed by atoms with Crippen LogP contribution in [-0.4, -0.2) is 72.9 Å². The minimum atomic E-state index is -0.841. The maximum absolute atomic E-state index is 12.2. The third-order valence-electron chi connectivity index (χ3n) is 7.23. The number of rotatable bonds is 11. The van der Waals surface area contributed by atoms with Gasteiger partial charge in [0.05, 0.1) is 13.7 Å². The van der Waals surface area contributed by atoms with Crippen molar-refractivity contribution < 1.29 is 24.1 Å². The zero-order valence-corrected chi connectivity index (χ0v) is 22.5. The molecule has 2 saturated heterocycles. The van der Waals surface area contributed by atoms with Gasteiger partial charge in [-0.2, -0.15) is 0 Å². The van der Waals surface area contributed by atoms with Crippen LogP contribution in [0.2, 0.25) is 5.02 Å². The van der Waals surface area contributed by atoms with E-state index in [1.165, 1.54) is 0 Å². The summed E-state index contributed by atoms with van der Waals surface area (Å²) in [7, 11) is 1.66. The second kappa shape index (κ2) is 13.4. The largest absolute Gasteiger partial charge is 0.493 e. The molecule has 1 amide bonds. The molecule has 8 heteroatoms. The van der Waals surface area contributed by atoms with Gasteiger partial charge in [-0.15, -0.1) is 0 Å². The molecule has 7 nitrogen and oxygen atoms in total. The van der Waals surface area contributed by atoms with Crippen molar-refractivity contribution in [3.63, 3.8) is 0 Å². The molecule has 0 spiro atoms. The van der Waals surface area contributed by atoms with Crippen LogP contribution in [0.5, 0.6) is 17.2 Å². The molecule has 0 saturated carbocycles. The van der Waals surface area contributed by atoms with Crippen LogP contribution in [0.25, 0.3) is 0 Å². The highest BCUT2D eigenvalue weighted by Gasteiger charge is 2.33. The summed E-state index contributed by atoms with van der Waals surface area (Å²) in [5.41, 5.74) is 0.298. The topological polar surface area (TPSA) is 71.5 Å². The average Bonchev–Trinajstić information content (AvgIpc) is 3.11. The van der Waals surface area contributed by atoms with E-state index in [0.29, 0.717) is 42.4 Å². The van der Waals surface area contributed by atoms with E-state index in [1.807, 2.05) is 29.2 Å². The lowest BCUT2D eigenvalue weighted by Gasteiger charge is -2.38. The number of hydrogen-bond donors (Lipinski definition) is 1. The first-order chi connectivity index (χ1) is 17.9. The Bertz CT molecular complexity index is 1030. The molecule has 202 valence electrons. The number of carbonyl (C=O) groups excluding carboxylic acids is 1. The first-order valence-electron chi connectivity index (χ1n) is 13.3. The zero-order chi connectivity index (χ0) is 26.1. The zero-order valence-electron chi connectivity index (χ0n) is 21.8. The second-order valence-electron chi connectivity index (χ2n) is 10.1. The molecule has 0 aromatic heterocycles. The van der Waals surface area contributed by atoms with Gasteiger partial charge in [0.1, 0.15) is 18.0 Å². The summed E-state index contributed by atoms with van der Waals surface area (Å²) in [6, 6.07) is 13.3. The minimum absolute atomic E-state index is 0.257. The normalized spacial score (nSPS) is 18.4. The van der Waals surface area contributed by atoms with E-state index in [2.05, 4.69) is 11.0 Å². The van der Waals surface area contributed by atoms with Crippen LogP contribution in [0, 0.1) is 0 Å². The number of halogens is 1. The molecule has 0 bridgehead atoms. The molecule has 2 aliphatic rings. The van der Waals surface area contributed by atoms with Gasteiger partial charge in [0.15, 0.2) is 11.5 Å². The maximum atomic E-state index is 12.2. The summed E-state index contributed by atoms with van der Waals surface area (Å²) in [4.78, 5) is 16.5. The molecule has 2 heterocycles. The Labute approximate surface area is 225 Å². The Morgan fingerprint density at radius 2 is 1.84 bits per heavy atom. The molecule has 4 rings (SSSR count). The number of aliphatic hydroxyl groups is 1. The number of hydrogen-bond acceptors (Lipinski definition) is 6. The van der Waals surface area contributed by atoms with Gasteiger partial charge < -0.3 is 24.2 Å². The number of amides is 1. The standard InChI is InChI=1S/C29H39ClN2O5/c1-35-27-19-23(10-11-26(27)36-18-6-15-32-14-4-2-3-9-28(32)33)21-31-16-12-29(34,13-17-31)22-37-25-8-5-7-24(30)20-25/h5,7-8,10-11,19-20,34H,2-4,6,9,12-18,21-22H2,1H3. The maximum Gasteiger partial charge on any atom is 0.222 e. The third kappa shape index (κ3) is 8.25. The molecule has 0 radical (unpaired) electrons. The molecule has 0 atom stereocenters. The fourth-order valence-electron chi connectivity index (χ4n) is 4.95.